The molecule has 0 spiro atoms. The first kappa shape index (κ1) is 21.3. The number of benzene rings is 1. The molecule has 7 nitrogen and oxygen atoms in total. The standard InChI is InChI=1S/C23H27ClN6O/c1-14(29-22(25)21-18(26-2)7-4-10-28-21)19-13-15-5-3-6-17(24)20(15)23(30-19)31-16-8-11-27-12-9-16/h3-7,10,13-14,16,26-27H,8-9,11-12H2,1-2H3,(H2,25,29)/t14-/m0/s1. The molecule has 0 unspecified atom stereocenters. The lowest BCUT2D eigenvalue weighted by Crippen LogP contribution is -2.34. The van der Waals surface area contributed by atoms with Crippen LogP contribution in [0.15, 0.2) is 47.6 Å². The second kappa shape index (κ2) is 9.49. The van der Waals surface area contributed by atoms with Gasteiger partial charge in [0.1, 0.15) is 17.6 Å². The van der Waals surface area contributed by atoms with Crippen LogP contribution in [-0.4, -0.2) is 42.0 Å². The second-order valence-corrected chi connectivity index (χ2v) is 8.00. The van der Waals surface area contributed by atoms with E-state index in [-0.39, 0.29) is 12.1 Å². The molecule has 3 aromatic rings. The Kier molecular flexibility index (Phi) is 6.53. The fraction of sp³-hybridized carbons (Fsp3) is 0.348. The van der Waals surface area contributed by atoms with Gasteiger partial charge >= 0.3 is 0 Å². The van der Waals surface area contributed by atoms with Crippen LogP contribution in [0.1, 0.15) is 37.2 Å². The summed E-state index contributed by atoms with van der Waals surface area (Å²) in [6, 6.07) is 11.3. The average molecular weight is 439 g/mol. The van der Waals surface area contributed by atoms with E-state index in [4.69, 9.17) is 27.1 Å². The first-order valence-corrected chi connectivity index (χ1v) is 10.9. The molecule has 2 aromatic heterocycles. The van der Waals surface area contributed by atoms with Gasteiger partial charge in [0.25, 0.3) is 0 Å². The number of piperidine rings is 1. The van der Waals surface area contributed by atoms with E-state index in [1.165, 1.54) is 0 Å². The maximum absolute atomic E-state index is 6.51. The van der Waals surface area contributed by atoms with E-state index >= 15 is 0 Å². The number of aromatic nitrogens is 2. The van der Waals surface area contributed by atoms with Crippen molar-refractivity contribution in [3.05, 3.63) is 59.0 Å². The minimum absolute atomic E-state index is 0.110. The molecule has 1 saturated heterocycles. The summed E-state index contributed by atoms with van der Waals surface area (Å²) >= 11 is 6.51. The maximum Gasteiger partial charge on any atom is 0.223 e. The summed E-state index contributed by atoms with van der Waals surface area (Å²) in [5, 5.41) is 8.88. The molecule has 1 aliphatic heterocycles. The zero-order chi connectivity index (χ0) is 21.8. The number of nitrogens with one attached hydrogen (secondary N) is 2. The Balaban J connectivity index is 1.71. The number of hydrogen-bond acceptors (Lipinski definition) is 6. The van der Waals surface area contributed by atoms with Crippen molar-refractivity contribution in [3.63, 3.8) is 0 Å². The Morgan fingerprint density at radius 1 is 1.29 bits per heavy atom. The first-order valence-electron chi connectivity index (χ1n) is 10.5. The van der Waals surface area contributed by atoms with Gasteiger partial charge in [-0.1, -0.05) is 23.7 Å². The fourth-order valence-corrected chi connectivity index (χ4v) is 4.03. The van der Waals surface area contributed by atoms with E-state index in [1.807, 2.05) is 50.4 Å². The molecule has 0 saturated carbocycles. The molecule has 1 atom stereocenters. The van der Waals surface area contributed by atoms with Gasteiger partial charge in [0.05, 0.1) is 27.8 Å². The van der Waals surface area contributed by atoms with Gasteiger partial charge in [-0.25, -0.2) is 4.98 Å². The smallest absolute Gasteiger partial charge is 0.223 e. The van der Waals surface area contributed by atoms with E-state index in [9.17, 15) is 0 Å². The first-order chi connectivity index (χ1) is 15.1. The van der Waals surface area contributed by atoms with Gasteiger partial charge in [0.15, 0.2) is 0 Å². The number of rotatable bonds is 6. The quantitative estimate of drug-likeness (QED) is 0.398. The largest absolute Gasteiger partial charge is 0.474 e. The predicted octanol–water partition coefficient (Wildman–Crippen LogP) is 3.92. The van der Waals surface area contributed by atoms with Crippen LogP contribution in [0.2, 0.25) is 5.02 Å². The van der Waals surface area contributed by atoms with Gasteiger partial charge in [0, 0.05) is 13.2 Å². The summed E-state index contributed by atoms with van der Waals surface area (Å²) in [5.41, 5.74) is 8.50. The van der Waals surface area contributed by atoms with Crippen molar-refractivity contribution >= 4 is 33.9 Å². The normalized spacial score (nSPS) is 16.3. The van der Waals surface area contributed by atoms with Crippen LogP contribution in [0.5, 0.6) is 5.88 Å². The molecule has 4 N–H and O–H groups in total. The summed E-state index contributed by atoms with van der Waals surface area (Å²) in [7, 11) is 1.83. The van der Waals surface area contributed by atoms with Crippen LogP contribution in [0.25, 0.3) is 10.8 Å². The number of aliphatic imine (C=N–C) groups is 1. The Hall–Kier alpha value is -2.90. The molecule has 4 rings (SSSR count). The molecular formula is C23H27ClN6O. The number of pyridine rings is 2. The van der Waals surface area contributed by atoms with Crippen molar-refractivity contribution in [1.82, 2.24) is 15.3 Å². The van der Waals surface area contributed by atoms with Crippen molar-refractivity contribution in [2.24, 2.45) is 10.7 Å². The average Bonchev–Trinajstić information content (AvgIpc) is 2.79. The molecule has 0 bridgehead atoms. The van der Waals surface area contributed by atoms with Gasteiger partial charge in [-0.2, -0.15) is 0 Å². The highest BCUT2D eigenvalue weighted by atomic mass is 35.5. The molecule has 0 radical (unpaired) electrons. The zero-order valence-corrected chi connectivity index (χ0v) is 18.5. The number of anilines is 1. The monoisotopic (exact) mass is 438 g/mol. The predicted molar refractivity (Wildman–Crippen MR) is 126 cm³/mol. The summed E-state index contributed by atoms with van der Waals surface area (Å²) in [6.07, 6.45) is 3.68. The topological polar surface area (TPSA) is 97.5 Å². The molecule has 31 heavy (non-hydrogen) atoms. The fourth-order valence-electron chi connectivity index (χ4n) is 3.77. The summed E-state index contributed by atoms with van der Waals surface area (Å²) < 4.78 is 6.33. The molecule has 0 aliphatic carbocycles. The van der Waals surface area contributed by atoms with Crippen LogP contribution in [-0.2, 0) is 0 Å². The molecule has 1 aliphatic rings. The Labute approximate surface area is 187 Å². The summed E-state index contributed by atoms with van der Waals surface area (Å²) in [6.45, 7) is 3.83. The lowest BCUT2D eigenvalue weighted by Gasteiger charge is -2.24. The van der Waals surface area contributed by atoms with Crippen molar-refractivity contribution in [2.75, 3.05) is 25.5 Å². The SMILES string of the molecule is CNc1cccnc1C(N)=N[C@@H](C)c1cc2cccc(Cl)c2c(OC2CCNCC2)n1. The number of fused-ring (bicyclic) bond motifs is 1. The molecule has 8 heteroatoms. The Bertz CT molecular complexity index is 1100. The maximum atomic E-state index is 6.51. The van der Waals surface area contributed by atoms with Crippen LogP contribution in [0, 0.1) is 0 Å². The highest BCUT2D eigenvalue weighted by Crippen LogP contribution is 2.34. The zero-order valence-electron chi connectivity index (χ0n) is 17.7. The van der Waals surface area contributed by atoms with E-state index in [1.54, 1.807) is 6.20 Å². The minimum Gasteiger partial charge on any atom is -0.474 e. The van der Waals surface area contributed by atoms with Crippen LogP contribution in [0.3, 0.4) is 0 Å². The number of nitrogens with two attached hydrogens (primary N) is 1. The van der Waals surface area contributed by atoms with E-state index in [0.717, 1.165) is 48.1 Å². The minimum atomic E-state index is -0.287. The van der Waals surface area contributed by atoms with Crippen molar-refractivity contribution in [1.29, 1.82) is 0 Å². The third-order valence-electron chi connectivity index (χ3n) is 5.44. The number of hydrogen-bond donors (Lipinski definition) is 3. The van der Waals surface area contributed by atoms with Gasteiger partial charge in [0.2, 0.25) is 5.88 Å². The molecule has 1 fully saturated rings. The molecular weight excluding hydrogens is 412 g/mol. The Morgan fingerprint density at radius 3 is 2.87 bits per heavy atom. The third-order valence-corrected chi connectivity index (χ3v) is 5.75. The van der Waals surface area contributed by atoms with Crippen LogP contribution in [0.4, 0.5) is 5.69 Å². The highest BCUT2D eigenvalue weighted by Gasteiger charge is 2.20. The number of amidine groups is 1. The molecule has 3 heterocycles. The summed E-state index contributed by atoms with van der Waals surface area (Å²) in [4.78, 5) is 13.9. The van der Waals surface area contributed by atoms with Gasteiger partial charge in [-0.15, -0.1) is 0 Å². The number of halogens is 1. The van der Waals surface area contributed by atoms with Crippen molar-refractivity contribution in [3.8, 4) is 5.88 Å². The van der Waals surface area contributed by atoms with Gasteiger partial charge in [-0.3, -0.25) is 9.98 Å². The van der Waals surface area contributed by atoms with Crippen molar-refractivity contribution < 1.29 is 4.74 Å². The second-order valence-electron chi connectivity index (χ2n) is 7.60. The molecule has 1 aromatic carbocycles. The van der Waals surface area contributed by atoms with E-state index in [2.05, 4.69) is 20.6 Å². The molecule has 162 valence electrons. The molecule has 0 amide bonds. The van der Waals surface area contributed by atoms with Crippen LogP contribution < -0.4 is 21.1 Å². The van der Waals surface area contributed by atoms with Crippen molar-refractivity contribution in [2.45, 2.75) is 31.9 Å². The highest BCUT2D eigenvalue weighted by molar-refractivity contribution is 6.36. The van der Waals surface area contributed by atoms with E-state index < -0.39 is 0 Å². The lowest BCUT2D eigenvalue weighted by atomic mass is 10.1. The lowest BCUT2D eigenvalue weighted by molar-refractivity contribution is 0.158. The van der Waals surface area contributed by atoms with Gasteiger partial charge < -0.3 is 21.1 Å². The number of ether oxygens (including phenoxy) is 1. The van der Waals surface area contributed by atoms with E-state index in [0.29, 0.717) is 22.4 Å². The van der Waals surface area contributed by atoms with Gasteiger partial charge in [-0.05, 0) is 62.5 Å². The third kappa shape index (κ3) is 4.73. The van der Waals surface area contributed by atoms with Crippen LogP contribution >= 0.6 is 11.6 Å². The number of nitrogens with zero attached hydrogens (tertiary/aromatic N) is 3. The summed E-state index contributed by atoms with van der Waals surface area (Å²) in [5.74, 6) is 0.908. The Morgan fingerprint density at radius 2 is 2.10 bits per heavy atom.